The molecule has 0 amide bonds. The Hall–Kier alpha value is -0.830. The molecule has 0 radical (unpaired) electrons. The van der Waals surface area contributed by atoms with Gasteiger partial charge in [0.25, 0.3) is 0 Å². The van der Waals surface area contributed by atoms with E-state index in [1.165, 1.54) is 19.3 Å². The first-order valence-electron chi connectivity index (χ1n) is 5.34. The van der Waals surface area contributed by atoms with E-state index in [4.69, 9.17) is 0 Å². The van der Waals surface area contributed by atoms with Crippen molar-refractivity contribution in [1.82, 2.24) is 4.98 Å². The lowest BCUT2D eigenvalue weighted by atomic mass is 10.2. The van der Waals surface area contributed by atoms with Gasteiger partial charge in [-0.1, -0.05) is 19.8 Å². The van der Waals surface area contributed by atoms with Gasteiger partial charge in [-0.25, -0.2) is 4.98 Å². The highest BCUT2D eigenvalue weighted by Gasteiger charge is 2.01. The van der Waals surface area contributed by atoms with E-state index in [0.29, 0.717) is 0 Å². The molecule has 82 valence electrons. The third kappa shape index (κ3) is 4.47. The molecule has 0 N–H and O–H groups in total. The van der Waals surface area contributed by atoms with Gasteiger partial charge in [-0.15, -0.1) is 11.8 Å². The van der Waals surface area contributed by atoms with Gasteiger partial charge in [-0.3, -0.25) is 4.79 Å². The largest absolute Gasteiger partial charge is 0.295 e. The second kappa shape index (κ2) is 6.62. The van der Waals surface area contributed by atoms with Crippen molar-refractivity contribution in [2.75, 3.05) is 5.75 Å². The van der Waals surface area contributed by atoms with Gasteiger partial charge in [0.1, 0.15) is 0 Å². The van der Waals surface area contributed by atoms with Gasteiger partial charge < -0.3 is 0 Å². The quantitative estimate of drug-likeness (QED) is 0.419. The Morgan fingerprint density at radius 3 is 2.93 bits per heavy atom. The number of aromatic nitrogens is 1. The Kier molecular flexibility index (Phi) is 5.40. The van der Waals surface area contributed by atoms with Crippen molar-refractivity contribution < 1.29 is 4.79 Å². The minimum Gasteiger partial charge on any atom is -0.295 e. The van der Waals surface area contributed by atoms with Gasteiger partial charge in [-0.2, -0.15) is 0 Å². The molecule has 1 heterocycles. The second-order valence-corrected chi connectivity index (χ2v) is 4.61. The molecule has 0 fully saturated rings. The molecule has 0 saturated carbocycles. The van der Waals surface area contributed by atoms with Gasteiger partial charge in [0.2, 0.25) is 0 Å². The fraction of sp³-hybridized carbons (Fsp3) is 0.500. The van der Waals surface area contributed by atoms with Crippen LogP contribution in [0.5, 0.6) is 0 Å². The zero-order valence-electron chi connectivity index (χ0n) is 9.32. The molecule has 1 rings (SSSR count). The SMILES string of the molecule is CCCCCSc1cc(C(C)=O)ccn1. The summed E-state index contributed by atoms with van der Waals surface area (Å²) in [5, 5.41) is 0.957. The summed E-state index contributed by atoms with van der Waals surface area (Å²) in [6.45, 7) is 3.78. The molecule has 0 aliphatic heterocycles. The molecule has 0 atom stereocenters. The fourth-order valence-corrected chi connectivity index (χ4v) is 2.14. The van der Waals surface area contributed by atoms with Crippen molar-refractivity contribution in [3.05, 3.63) is 23.9 Å². The zero-order chi connectivity index (χ0) is 11.1. The van der Waals surface area contributed by atoms with Crippen molar-refractivity contribution in [3.63, 3.8) is 0 Å². The van der Waals surface area contributed by atoms with Crippen LogP contribution in [0.3, 0.4) is 0 Å². The summed E-state index contributed by atoms with van der Waals surface area (Å²) in [4.78, 5) is 15.4. The molecule has 0 aliphatic carbocycles. The minimum atomic E-state index is 0.104. The average molecular weight is 223 g/mol. The van der Waals surface area contributed by atoms with Crippen molar-refractivity contribution in [1.29, 1.82) is 0 Å². The highest BCUT2D eigenvalue weighted by Crippen LogP contribution is 2.18. The first-order valence-corrected chi connectivity index (χ1v) is 6.32. The highest BCUT2D eigenvalue weighted by atomic mass is 32.2. The Bertz CT molecular complexity index is 325. The van der Waals surface area contributed by atoms with Crippen molar-refractivity contribution in [2.45, 2.75) is 38.1 Å². The van der Waals surface area contributed by atoms with Crippen LogP contribution in [-0.4, -0.2) is 16.5 Å². The number of thioether (sulfide) groups is 1. The average Bonchev–Trinajstić information content (AvgIpc) is 2.25. The molecule has 2 nitrogen and oxygen atoms in total. The Labute approximate surface area is 95.5 Å². The molecule has 0 aliphatic rings. The topological polar surface area (TPSA) is 30.0 Å². The molecule has 1 aromatic rings. The Morgan fingerprint density at radius 1 is 1.47 bits per heavy atom. The Morgan fingerprint density at radius 2 is 2.27 bits per heavy atom. The first-order chi connectivity index (χ1) is 7.24. The second-order valence-electron chi connectivity index (χ2n) is 3.49. The number of hydrogen-bond acceptors (Lipinski definition) is 3. The van der Waals surface area contributed by atoms with E-state index < -0.39 is 0 Å². The molecule has 1 aromatic heterocycles. The third-order valence-electron chi connectivity index (χ3n) is 2.14. The van der Waals surface area contributed by atoms with Crippen LogP contribution in [0.1, 0.15) is 43.5 Å². The molecule has 15 heavy (non-hydrogen) atoms. The number of pyridine rings is 1. The molecular weight excluding hydrogens is 206 g/mol. The summed E-state index contributed by atoms with van der Waals surface area (Å²) in [6.07, 6.45) is 5.42. The van der Waals surface area contributed by atoms with Crippen LogP contribution in [0.2, 0.25) is 0 Å². The predicted octanol–water partition coefficient (Wildman–Crippen LogP) is 3.57. The molecule has 3 heteroatoms. The molecule has 0 bridgehead atoms. The number of unbranched alkanes of at least 4 members (excludes halogenated alkanes) is 2. The predicted molar refractivity (Wildman–Crippen MR) is 64.5 cm³/mol. The van der Waals surface area contributed by atoms with Gasteiger partial charge in [0.05, 0.1) is 5.03 Å². The monoisotopic (exact) mass is 223 g/mol. The number of nitrogens with zero attached hydrogens (tertiary/aromatic N) is 1. The highest BCUT2D eigenvalue weighted by molar-refractivity contribution is 7.99. The standard InChI is InChI=1S/C12H17NOS/c1-3-4-5-8-15-12-9-11(10(2)14)6-7-13-12/h6-7,9H,3-5,8H2,1-2H3. The third-order valence-corrected chi connectivity index (χ3v) is 3.15. The van der Waals surface area contributed by atoms with Crippen LogP contribution in [0.25, 0.3) is 0 Å². The number of rotatable bonds is 6. The van der Waals surface area contributed by atoms with Crippen LogP contribution in [0, 0.1) is 0 Å². The summed E-state index contributed by atoms with van der Waals surface area (Å²) in [5.41, 5.74) is 0.753. The number of carbonyl (C=O) groups is 1. The Balaban J connectivity index is 2.47. The molecular formula is C12H17NOS. The van der Waals surface area contributed by atoms with Gasteiger partial charge in [0.15, 0.2) is 5.78 Å². The van der Waals surface area contributed by atoms with Crippen LogP contribution in [0.15, 0.2) is 23.4 Å². The lowest BCUT2D eigenvalue weighted by Crippen LogP contribution is -1.93. The number of Topliss-reactive ketones (excluding diaryl/α,β-unsaturated/α-hetero) is 1. The van der Waals surface area contributed by atoms with Crippen LogP contribution >= 0.6 is 11.8 Å². The van der Waals surface area contributed by atoms with Gasteiger partial charge in [-0.05, 0) is 31.2 Å². The first kappa shape index (κ1) is 12.2. The van der Waals surface area contributed by atoms with E-state index in [0.717, 1.165) is 16.3 Å². The molecule has 0 saturated heterocycles. The van der Waals surface area contributed by atoms with Crippen LogP contribution in [-0.2, 0) is 0 Å². The van der Waals surface area contributed by atoms with E-state index >= 15 is 0 Å². The van der Waals surface area contributed by atoms with E-state index in [1.807, 2.05) is 6.07 Å². The maximum Gasteiger partial charge on any atom is 0.159 e. The van der Waals surface area contributed by atoms with E-state index in [2.05, 4.69) is 11.9 Å². The van der Waals surface area contributed by atoms with Gasteiger partial charge in [0, 0.05) is 11.8 Å². The lowest BCUT2D eigenvalue weighted by Gasteiger charge is -2.01. The molecule has 0 aromatic carbocycles. The number of hydrogen-bond donors (Lipinski definition) is 0. The van der Waals surface area contributed by atoms with Crippen LogP contribution in [0.4, 0.5) is 0 Å². The smallest absolute Gasteiger partial charge is 0.159 e. The summed E-state index contributed by atoms with van der Waals surface area (Å²) in [5.74, 6) is 1.19. The van der Waals surface area contributed by atoms with Crippen molar-refractivity contribution in [3.8, 4) is 0 Å². The number of ketones is 1. The van der Waals surface area contributed by atoms with Gasteiger partial charge >= 0.3 is 0 Å². The van der Waals surface area contributed by atoms with Crippen LogP contribution < -0.4 is 0 Å². The number of carbonyl (C=O) groups excluding carboxylic acids is 1. The fourth-order valence-electron chi connectivity index (χ4n) is 1.24. The lowest BCUT2D eigenvalue weighted by molar-refractivity contribution is 0.101. The van der Waals surface area contributed by atoms with E-state index in [1.54, 1.807) is 30.9 Å². The normalized spacial score (nSPS) is 10.3. The van der Waals surface area contributed by atoms with Crippen molar-refractivity contribution in [2.24, 2.45) is 0 Å². The summed E-state index contributed by atoms with van der Waals surface area (Å²) in [6, 6.07) is 3.64. The van der Waals surface area contributed by atoms with Crippen molar-refractivity contribution >= 4 is 17.5 Å². The molecule has 0 spiro atoms. The van der Waals surface area contributed by atoms with E-state index in [9.17, 15) is 4.79 Å². The van der Waals surface area contributed by atoms with E-state index in [-0.39, 0.29) is 5.78 Å². The maximum atomic E-state index is 11.1. The molecule has 0 unspecified atom stereocenters. The zero-order valence-corrected chi connectivity index (χ0v) is 10.1. The maximum absolute atomic E-state index is 11.1. The minimum absolute atomic E-state index is 0.104. The summed E-state index contributed by atoms with van der Waals surface area (Å²) in [7, 11) is 0. The summed E-state index contributed by atoms with van der Waals surface area (Å²) >= 11 is 1.73. The summed E-state index contributed by atoms with van der Waals surface area (Å²) < 4.78 is 0.